The van der Waals surface area contributed by atoms with Crippen molar-refractivity contribution in [2.75, 3.05) is 13.1 Å². The van der Waals surface area contributed by atoms with Crippen LogP contribution in [-0.2, 0) is 0 Å². The summed E-state index contributed by atoms with van der Waals surface area (Å²) in [6, 6.07) is 0. The topological polar surface area (TPSA) is 12.0 Å². The van der Waals surface area contributed by atoms with Crippen LogP contribution >= 0.6 is 12.4 Å². The van der Waals surface area contributed by atoms with Crippen molar-refractivity contribution in [3.05, 3.63) is 0 Å². The van der Waals surface area contributed by atoms with Crippen LogP contribution in [0.1, 0.15) is 19.3 Å². The molecule has 1 aliphatic heterocycles. The minimum absolute atomic E-state index is 0. The number of piperidine rings is 1. The molecular weight excluding hydrogens is 134 g/mol. The van der Waals surface area contributed by atoms with Gasteiger partial charge in [0.15, 0.2) is 0 Å². The summed E-state index contributed by atoms with van der Waals surface area (Å²) in [6.45, 7) is 2.59. The van der Waals surface area contributed by atoms with E-state index in [0.717, 1.165) is 11.8 Å². The highest BCUT2D eigenvalue weighted by atomic mass is 35.5. The van der Waals surface area contributed by atoms with Crippen LogP contribution in [0.5, 0.6) is 0 Å². The summed E-state index contributed by atoms with van der Waals surface area (Å²) in [5.74, 6) is 2.19. The summed E-state index contributed by atoms with van der Waals surface area (Å²) in [7, 11) is 0. The first kappa shape index (κ1) is 7.36. The smallest absolute Gasteiger partial charge is 0.00179 e. The molecule has 0 unspecified atom stereocenters. The lowest BCUT2D eigenvalue weighted by atomic mass is 9.70. The molecule has 0 aromatic carbocycles. The minimum Gasteiger partial charge on any atom is -0.316 e. The van der Waals surface area contributed by atoms with Gasteiger partial charge in [0.1, 0.15) is 0 Å². The van der Waals surface area contributed by atoms with Gasteiger partial charge in [-0.3, -0.25) is 0 Å². The third-order valence-electron chi connectivity index (χ3n) is 2.67. The van der Waals surface area contributed by atoms with Crippen molar-refractivity contribution < 1.29 is 0 Å². The van der Waals surface area contributed by atoms with Gasteiger partial charge < -0.3 is 5.32 Å². The van der Waals surface area contributed by atoms with E-state index in [0.29, 0.717) is 0 Å². The quantitative estimate of drug-likeness (QED) is 0.547. The maximum absolute atomic E-state index is 3.42. The minimum atomic E-state index is 0. The summed E-state index contributed by atoms with van der Waals surface area (Å²) in [6.07, 6.45) is 4.47. The molecule has 2 atom stereocenters. The number of fused-ring (bicyclic) bond motifs is 1. The zero-order chi connectivity index (χ0) is 5.40. The van der Waals surface area contributed by atoms with E-state index in [1.54, 1.807) is 0 Å². The molecule has 0 bridgehead atoms. The van der Waals surface area contributed by atoms with Gasteiger partial charge in [-0.05, 0) is 44.2 Å². The van der Waals surface area contributed by atoms with E-state index in [1.165, 1.54) is 32.4 Å². The van der Waals surface area contributed by atoms with Crippen LogP contribution in [-0.4, -0.2) is 13.1 Å². The lowest BCUT2D eigenvalue weighted by Crippen LogP contribution is -2.42. The summed E-state index contributed by atoms with van der Waals surface area (Å²) < 4.78 is 0. The average molecular weight is 148 g/mol. The molecule has 0 radical (unpaired) electrons. The molecule has 0 spiro atoms. The normalized spacial score (nSPS) is 40.0. The summed E-state index contributed by atoms with van der Waals surface area (Å²) >= 11 is 0. The van der Waals surface area contributed by atoms with Crippen LogP contribution in [0.2, 0.25) is 0 Å². The number of hydrogen-bond acceptors (Lipinski definition) is 1. The fourth-order valence-electron chi connectivity index (χ4n) is 1.86. The average Bonchev–Trinajstić information content (AvgIpc) is 1.72. The Balaban J connectivity index is 0.000000405. The molecule has 1 saturated heterocycles. The highest BCUT2D eigenvalue weighted by Gasteiger charge is 2.31. The van der Waals surface area contributed by atoms with Crippen molar-refractivity contribution in [1.29, 1.82) is 0 Å². The van der Waals surface area contributed by atoms with Crippen molar-refractivity contribution in [1.82, 2.24) is 5.32 Å². The molecule has 0 aromatic rings. The van der Waals surface area contributed by atoms with Crippen LogP contribution in [0.25, 0.3) is 0 Å². The first-order chi connectivity index (χ1) is 3.97. The molecule has 2 heteroatoms. The van der Waals surface area contributed by atoms with E-state index >= 15 is 0 Å². The molecule has 0 amide bonds. The van der Waals surface area contributed by atoms with Crippen molar-refractivity contribution in [3.8, 4) is 0 Å². The van der Waals surface area contributed by atoms with Gasteiger partial charge in [-0.15, -0.1) is 12.4 Å². The highest BCUT2D eigenvalue weighted by Crippen LogP contribution is 2.37. The third-order valence-corrected chi connectivity index (χ3v) is 2.67. The number of nitrogens with one attached hydrogen (secondary N) is 1. The monoisotopic (exact) mass is 147 g/mol. The fraction of sp³-hybridized carbons (Fsp3) is 1.00. The van der Waals surface area contributed by atoms with Crippen molar-refractivity contribution in [2.45, 2.75) is 19.3 Å². The van der Waals surface area contributed by atoms with E-state index in [4.69, 9.17) is 0 Å². The van der Waals surface area contributed by atoms with E-state index in [2.05, 4.69) is 5.32 Å². The van der Waals surface area contributed by atoms with Crippen LogP contribution in [0.3, 0.4) is 0 Å². The molecule has 54 valence electrons. The van der Waals surface area contributed by atoms with Crippen molar-refractivity contribution in [2.24, 2.45) is 11.8 Å². The Bertz CT molecular complexity index is 82.9. The van der Waals surface area contributed by atoms with Gasteiger partial charge in [0.2, 0.25) is 0 Å². The Morgan fingerprint density at radius 2 is 1.78 bits per heavy atom. The Labute approximate surface area is 62.6 Å². The Hall–Kier alpha value is 0.250. The number of rotatable bonds is 0. The standard InChI is InChI=1S/C7H13N.ClH/c1-2-7-5-8-4-3-6(1)7;/h6-8H,1-5H2;1H/t6-,7+;/m1./s1. The first-order valence-electron chi connectivity index (χ1n) is 3.67. The molecule has 1 nitrogen and oxygen atoms in total. The van der Waals surface area contributed by atoms with E-state index < -0.39 is 0 Å². The van der Waals surface area contributed by atoms with Gasteiger partial charge >= 0.3 is 0 Å². The summed E-state index contributed by atoms with van der Waals surface area (Å²) in [5, 5.41) is 3.42. The molecule has 1 aliphatic carbocycles. The molecule has 2 rings (SSSR count). The molecular formula is C7H14ClN. The Kier molecular flexibility index (Phi) is 2.36. The Morgan fingerprint density at radius 3 is 2.11 bits per heavy atom. The van der Waals surface area contributed by atoms with Gasteiger partial charge in [0, 0.05) is 0 Å². The number of hydrogen-bond donors (Lipinski definition) is 1. The molecule has 1 heterocycles. The van der Waals surface area contributed by atoms with Gasteiger partial charge in [0.05, 0.1) is 0 Å². The van der Waals surface area contributed by atoms with Crippen LogP contribution in [0.4, 0.5) is 0 Å². The fourth-order valence-corrected chi connectivity index (χ4v) is 1.86. The van der Waals surface area contributed by atoms with E-state index in [1.807, 2.05) is 0 Å². The van der Waals surface area contributed by atoms with E-state index in [-0.39, 0.29) is 12.4 Å². The maximum Gasteiger partial charge on any atom is -0.00179 e. The summed E-state index contributed by atoms with van der Waals surface area (Å²) in [5.41, 5.74) is 0. The van der Waals surface area contributed by atoms with Crippen molar-refractivity contribution in [3.63, 3.8) is 0 Å². The molecule has 1 saturated carbocycles. The molecule has 1 N–H and O–H groups in total. The third kappa shape index (κ3) is 1.22. The Morgan fingerprint density at radius 1 is 1.00 bits per heavy atom. The van der Waals surface area contributed by atoms with Gasteiger partial charge in [-0.25, -0.2) is 0 Å². The lowest BCUT2D eigenvalue weighted by molar-refractivity contribution is 0.130. The largest absolute Gasteiger partial charge is 0.316 e. The molecule has 2 fully saturated rings. The van der Waals surface area contributed by atoms with Crippen LogP contribution < -0.4 is 5.32 Å². The second-order valence-corrected chi connectivity index (χ2v) is 3.09. The second kappa shape index (κ2) is 2.89. The lowest BCUT2D eigenvalue weighted by Gasteiger charge is -2.40. The van der Waals surface area contributed by atoms with Crippen molar-refractivity contribution >= 4 is 12.4 Å². The maximum atomic E-state index is 3.42. The summed E-state index contributed by atoms with van der Waals surface area (Å²) in [4.78, 5) is 0. The van der Waals surface area contributed by atoms with Crippen LogP contribution in [0, 0.1) is 11.8 Å². The van der Waals surface area contributed by atoms with Gasteiger partial charge in [0.25, 0.3) is 0 Å². The predicted octanol–water partition coefficient (Wildman–Crippen LogP) is 1.43. The second-order valence-electron chi connectivity index (χ2n) is 3.09. The number of halogens is 1. The van der Waals surface area contributed by atoms with E-state index in [9.17, 15) is 0 Å². The zero-order valence-electron chi connectivity index (χ0n) is 5.60. The zero-order valence-corrected chi connectivity index (χ0v) is 6.41. The van der Waals surface area contributed by atoms with Gasteiger partial charge in [-0.1, -0.05) is 0 Å². The molecule has 9 heavy (non-hydrogen) atoms. The predicted molar refractivity (Wildman–Crippen MR) is 40.9 cm³/mol. The molecule has 2 aliphatic rings. The van der Waals surface area contributed by atoms with Crippen LogP contribution in [0.15, 0.2) is 0 Å². The molecule has 0 aromatic heterocycles. The SMILES string of the molecule is C1C[C@H]2CC[C@H]2CN1.Cl. The first-order valence-corrected chi connectivity index (χ1v) is 3.67. The highest BCUT2D eigenvalue weighted by molar-refractivity contribution is 5.85. The van der Waals surface area contributed by atoms with Gasteiger partial charge in [-0.2, -0.15) is 0 Å².